The molecule has 0 aromatic carbocycles. The number of halogens is 1. The van der Waals surface area contributed by atoms with Crippen LogP contribution in [-0.2, 0) is 13.5 Å². The number of nitrogens with two attached hydrogens (primary N) is 1. The number of carbonyl (C=O) groups excluding carboxylic acids is 1. The molecular formula is C11H15ClN6O. The SMILES string of the molecule is Cl.Cn1cnc(CCNC(=O)c2cnccc2N)n1. The van der Waals surface area contributed by atoms with E-state index in [1.165, 1.54) is 6.20 Å². The molecule has 0 radical (unpaired) electrons. The molecule has 2 aromatic rings. The lowest BCUT2D eigenvalue weighted by molar-refractivity contribution is 0.0954. The Labute approximate surface area is 116 Å². The molecule has 0 aliphatic carbocycles. The third kappa shape index (κ3) is 3.92. The summed E-state index contributed by atoms with van der Waals surface area (Å²) in [5.41, 5.74) is 6.48. The fraction of sp³-hybridized carbons (Fsp3) is 0.273. The van der Waals surface area contributed by atoms with Crippen LogP contribution in [0.1, 0.15) is 16.2 Å². The van der Waals surface area contributed by atoms with Gasteiger partial charge >= 0.3 is 0 Å². The van der Waals surface area contributed by atoms with Crippen molar-refractivity contribution in [3.05, 3.63) is 36.2 Å². The maximum atomic E-state index is 11.8. The average molecular weight is 283 g/mol. The van der Waals surface area contributed by atoms with Crippen LogP contribution in [0.25, 0.3) is 0 Å². The van der Waals surface area contributed by atoms with Crippen LogP contribution in [0.15, 0.2) is 24.8 Å². The molecule has 0 saturated heterocycles. The zero-order chi connectivity index (χ0) is 13.0. The number of hydrogen-bond donors (Lipinski definition) is 2. The van der Waals surface area contributed by atoms with Gasteiger partial charge in [-0.3, -0.25) is 14.5 Å². The van der Waals surface area contributed by atoms with Crippen molar-refractivity contribution in [3.63, 3.8) is 0 Å². The van der Waals surface area contributed by atoms with E-state index in [-0.39, 0.29) is 18.3 Å². The first-order chi connectivity index (χ1) is 8.66. The van der Waals surface area contributed by atoms with E-state index in [0.29, 0.717) is 30.0 Å². The van der Waals surface area contributed by atoms with Crippen molar-refractivity contribution in [2.75, 3.05) is 12.3 Å². The number of anilines is 1. The minimum atomic E-state index is -0.239. The van der Waals surface area contributed by atoms with E-state index in [2.05, 4.69) is 20.4 Å². The first-order valence-corrected chi connectivity index (χ1v) is 5.49. The third-order valence-electron chi connectivity index (χ3n) is 2.38. The molecule has 0 bridgehead atoms. The van der Waals surface area contributed by atoms with Gasteiger partial charge in [-0.2, -0.15) is 5.10 Å². The molecule has 3 N–H and O–H groups in total. The van der Waals surface area contributed by atoms with Gasteiger partial charge in [0, 0.05) is 38.1 Å². The van der Waals surface area contributed by atoms with Gasteiger partial charge in [0.15, 0.2) is 5.82 Å². The molecule has 8 heteroatoms. The van der Waals surface area contributed by atoms with Crippen LogP contribution in [0.5, 0.6) is 0 Å². The first-order valence-electron chi connectivity index (χ1n) is 5.49. The molecule has 2 heterocycles. The van der Waals surface area contributed by atoms with Crippen LogP contribution in [0, 0.1) is 0 Å². The van der Waals surface area contributed by atoms with Crippen LogP contribution >= 0.6 is 12.4 Å². The molecule has 0 unspecified atom stereocenters. The number of carbonyl (C=O) groups is 1. The lowest BCUT2D eigenvalue weighted by atomic mass is 10.2. The molecule has 19 heavy (non-hydrogen) atoms. The highest BCUT2D eigenvalue weighted by molar-refractivity contribution is 5.98. The summed E-state index contributed by atoms with van der Waals surface area (Å²) in [6.07, 6.45) is 5.19. The van der Waals surface area contributed by atoms with Gasteiger partial charge < -0.3 is 11.1 Å². The van der Waals surface area contributed by atoms with Crippen molar-refractivity contribution >= 4 is 24.0 Å². The summed E-state index contributed by atoms with van der Waals surface area (Å²) in [5, 5.41) is 6.86. The Bertz CT molecular complexity index is 556. The summed E-state index contributed by atoms with van der Waals surface area (Å²) in [6.45, 7) is 0.456. The summed E-state index contributed by atoms with van der Waals surface area (Å²) in [7, 11) is 1.80. The number of aromatic nitrogens is 4. The normalized spacial score (nSPS) is 9.74. The number of nitrogen functional groups attached to an aromatic ring is 1. The highest BCUT2D eigenvalue weighted by Crippen LogP contribution is 2.07. The smallest absolute Gasteiger partial charge is 0.254 e. The van der Waals surface area contributed by atoms with Crippen molar-refractivity contribution in [2.24, 2.45) is 7.05 Å². The fourth-order valence-corrected chi connectivity index (χ4v) is 1.48. The molecule has 1 amide bonds. The van der Waals surface area contributed by atoms with E-state index in [0.717, 1.165) is 0 Å². The van der Waals surface area contributed by atoms with E-state index in [9.17, 15) is 4.79 Å². The van der Waals surface area contributed by atoms with E-state index in [1.807, 2.05) is 0 Å². The quantitative estimate of drug-likeness (QED) is 0.834. The van der Waals surface area contributed by atoms with Gasteiger partial charge in [-0.25, -0.2) is 4.98 Å². The Kier molecular flexibility index (Phi) is 5.25. The zero-order valence-corrected chi connectivity index (χ0v) is 11.2. The molecule has 0 aliphatic rings. The van der Waals surface area contributed by atoms with Gasteiger partial charge in [0.05, 0.1) is 5.56 Å². The maximum Gasteiger partial charge on any atom is 0.254 e. The lowest BCUT2D eigenvalue weighted by Crippen LogP contribution is -2.26. The van der Waals surface area contributed by atoms with Crippen molar-refractivity contribution in [3.8, 4) is 0 Å². The monoisotopic (exact) mass is 282 g/mol. The van der Waals surface area contributed by atoms with Crippen molar-refractivity contribution in [1.82, 2.24) is 25.1 Å². The Morgan fingerprint density at radius 2 is 2.32 bits per heavy atom. The van der Waals surface area contributed by atoms with Crippen LogP contribution in [0.3, 0.4) is 0 Å². The number of nitrogens with one attached hydrogen (secondary N) is 1. The second-order valence-electron chi connectivity index (χ2n) is 3.80. The topological polar surface area (TPSA) is 98.7 Å². The Hall–Kier alpha value is -2.15. The van der Waals surface area contributed by atoms with Crippen LogP contribution in [0.4, 0.5) is 5.69 Å². The van der Waals surface area contributed by atoms with E-state index >= 15 is 0 Å². The number of rotatable bonds is 4. The predicted molar refractivity (Wildman–Crippen MR) is 72.9 cm³/mol. The first kappa shape index (κ1) is 14.9. The van der Waals surface area contributed by atoms with Crippen molar-refractivity contribution in [1.29, 1.82) is 0 Å². The number of hydrogen-bond acceptors (Lipinski definition) is 5. The molecule has 2 aromatic heterocycles. The highest BCUT2D eigenvalue weighted by atomic mass is 35.5. The van der Waals surface area contributed by atoms with E-state index in [1.54, 1.807) is 30.3 Å². The van der Waals surface area contributed by atoms with E-state index < -0.39 is 0 Å². The zero-order valence-electron chi connectivity index (χ0n) is 10.4. The summed E-state index contributed by atoms with van der Waals surface area (Å²) in [5.74, 6) is 0.452. The summed E-state index contributed by atoms with van der Waals surface area (Å²) in [6, 6.07) is 1.59. The highest BCUT2D eigenvalue weighted by Gasteiger charge is 2.09. The van der Waals surface area contributed by atoms with Gasteiger partial charge in [-0.1, -0.05) is 0 Å². The number of amides is 1. The van der Waals surface area contributed by atoms with Gasteiger partial charge in [0.2, 0.25) is 0 Å². The molecule has 0 fully saturated rings. The molecule has 2 rings (SSSR count). The Morgan fingerprint density at radius 1 is 1.53 bits per heavy atom. The Balaban J connectivity index is 0.00000180. The molecule has 102 valence electrons. The second kappa shape index (κ2) is 6.69. The van der Waals surface area contributed by atoms with E-state index in [4.69, 9.17) is 5.73 Å². The van der Waals surface area contributed by atoms with Gasteiger partial charge in [0.25, 0.3) is 5.91 Å². The van der Waals surface area contributed by atoms with Gasteiger partial charge in [0.1, 0.15) is 6.33 Å². The molecular weight excluding hydrogens is 268 g/mol. The van der Waals surface area contributed by atoms with Crippen molar-refractivity contribution in [2.45, 2.75) is 6.42 Å². The van der Waals surface area contributed by atoms with Crippen molar-refractivity contribution < 1.29 is 4.79 Å². The summed E-state index contributed by atoms with van der Waals surface area (Å²) < 4.78 is 1.62. The minimum Gasteiger partial charge on any atom is -0.398 e. The molecule has 0 atom stereocenters. The largest absolute Gasteiger partial charge is 0.398 e. The molecule has 0 spiro atoms. The van der Waals surface area contributed by atoms with Crippen LogP contribution < -0.4 is 11.1 Å². The molecule has 0 saturated carbocycles. The molecule has 0 aliphatic heterocycles. The van der Waals surface area contributed by atoms with Gasteiger partial charge in [-0.15, -0.1) is 12.4 Å². The minimum absolute atomic E-state index is 0. The maximum absolute atomic E-state index is 11.8. The van der Waals surface area contributed by atoms with Gasteiger partial charge in [-0.05, 0) is 6.07 Å². The lowest BCUT2D eigenvalue weighted by Gasteiger charge is -2.05. The number of nitrogens with zero attached hydrogens (tertiary/aromatic N) is 4. The standard InChI is InChI=1S/C11H14N6O.ClH/c1-17-7-15-10(16-17)3-5-14-11(18)8-6-13-4-2-9(8)12;/h2,4,6-7H,3,5H2,1H3,(H2,12,13)(H,14,18);1H. The second-order valence-corrected chi connectivity index (χ2v) is 3.80. The average Bonchev–Trinajstić information content (AvgIpc) is 2.75. The summed E-state index contributed by atoms with van der Waals surface area (Å²) >= 11 is 0. The van der Waals surface area contributed by atoms with Crippen LogP contribution in [0.2, 0.25) is 0 Å². The van der Waals surface area contributed by atoms with Crippen LogP contribution in [-0.4, -0.2) is 32.2 Å². The fourth-order valence-electron chi connectivity index (χ4n) is 1.48. The molecule has 7 nitrogen and oxygen atoms in total. The number of pyridine rings is 1. The Morgan fingerprint density at radius 3 is 2.95 bits per heavy atom. The summed E-state index contributed by atoms with van der Waals surface area (Å²) in [4.78, 5) is 19.7. The number of aryl methyl sites for hydroxylation is 1. The predicted octanol–water partition coefficient (Wildman–Crippen LogP) is 0.187. The third-order valence-corrected chi connectivity index (χ3v) is 2.38.